The molecule has 0 aliphatic carbocycles. The number of benzene rings is 4. The lowest BCUT2D eigenvalue weighted by atomic mass is 9.80. The van der Waals surface area contributed by atoms with Crippen molar-refractivity contribution < 1.29 is 46.6 Å². The van der Waals surface area contributed by atoms with Crippen LogP contribution in [0, 0.1) is 0 Å². The molecule has 280 valence electrons. The van der Waals surface area contributed by atoms with Crippen LogP contribution in [0.3, 0.4) is 0 Å². The molecule has 0 saturated carbocycles. The van der Waals surface area contributed by atoms with Crippen LogP contribution in [0.5, 0.6) is 0 Å². The Labute approximate surface area is 317 Å². The molecule has 4 aromatic carbocycles. The van der Waals surface area contributed by atoms with Gasteiger partial charge in [0, 0.05) is 27.7 Å². The Hall–Kier alpha value is -4.30. The van der Waals surface area contributed by atoms with Crippen LogP contribution in [0.25, 0.3) is 11.3 Å². The smallest absolute Gasteiger partial charge is 0.423 e. The number of aliphatic hydroxyl groups is 2. The van der Waals surface area contributed by atoms with E-state index in [1.54, 1.807) is 47.8 Å². The number of aliphatic hydroxyl groups excluding tert-OH is 2. The summed E-state index contributed by atoms with van der Waals surface area (Å²) in [7, 11) is -1.46. The van der Waals surface area contributed by atoms with Crippen LogP contribution in [0.1, 0.15) is 29.7 Å². The third-order valence-electron chi connectivity index (χ3n) is 6.70. The summed E-state index contributed by atoms with van der Waals surface area (Å²) in [5.41, 5.74) is 2.69. The van der Waals surface area contributed by atoms with Gasteiger partial charge in [-0.25, -0.2) is 9.97 Å². The highest BCUT2D eigenvalue weighted by molar-refractivity contribution is 9.10. The Morgan fingerprint density at radius 3 is 1.62 bits per heavy atom. The molecule has 0 amide bonds. The average Bonchev–Trinajstić information content (AvgIpc) is 3.76. The Morgan fingerprint density at radius 1 is 0.642 bits per heavy atom. The molecule has 0 aliphatic rings. The van der Waals surface area contributed by atoms with Gasteiger partial charge in [-0.3, -0.25) is 0 Å². The van der Waals surface area contributed by atoms with E-state index in [4.69, 9.17) is 15.2 Å². The Morgan fingerprint density at radius 2 is 1.13 bits per heavy atom. The van der Waals surface area contributed by atoms with E-state index in [2.05, 4.69) is 36.5 Å². The fraction of sp³-hybridized carbons (Fsp3) is 0.143. The van der Waals surface area contributed by atoms with Crippen molar-refractivity contribution in [2.45, 2.75) is 33.0 Å². The number of thiazole rings is 2. The first kappa shape index (κ1) is 43.1. The molecule has 53 heavy (non-hydrogen) atoms. The second kappa shape index (κ2) is 19.7. The fourth-order valence-corrected chi connectivity index (χ4v) is 6.15. The molecule has 0 spiro atoms. The van der Waals surface area contributed by atoms with Crippen molar-refractivity contribution >= 4 is 72.8 Å². The van der Waals surface area contributed by atoms with E-state index in [1.165, 1.54) is 34.8 Å². The molecule has 0 bridgehead atoms. The Bertz CT molecular complexity index is 2050. The van der Waals surface area contributed by atoms with Gasteiger partial charge in [0.2, 0.25) is 0 Å². The highest BCUT2D eigenvalue weighted by Crippen LogP contribution is 2.34. The minimum Gasteiger partial charge on any atom is -0.423 e. The van der Waals surface area contributed by atoms with Crippen LogP contribution in [0.4, 0.5) is 48.0 Å². The zero-order chi connectivity index (χ0) is 37.9. The molecule has 6 aromatic rings. The maximum Gasteiger partial charge on any atom is 0.488 e. The van der Waals surface area contributed by atoms with Crippen molar-refractivity contribution in [2.75, 3.05) is 10.6 Å². The van der Waals surface area contributed by atoms with Crippen LogP contribution in [0.2, 0.25) is 0 Å². The summed E-state index contributed by atoms with van der Waals surface area (Å²) in [6.07, 6.45) is -8.71. The number of halogens is 7. The number of hydrogen-bond acceptors (Lipinski definition) is 10. The number of aromatic nitrogens is 2. The number of nitrogens with zero attached hydrogens (tertiary/aromatic N) is 2. The van der Waals surface area contributed by atoms with E-state index < -0.39 is 30.6 Å². The van der Waals surface area contributed by atoms with Crippen molar-refractivity contribution in [1.29, 1.82) is 0 Å². The number of nitrogens with one attached hydrogen (secondary N) is 2. The number of anilines is 4. The summed E-state index contributed by atoms with van der Waals surface area (Å²) >= 11 is 5.78. The average molecular weight is 842 g/mol. The van der Waals surface area contributed by atoms with Crippen molar-refractivity contribution in [3.05, 3.63) is 135 Å². The summed E-state index contributed by atoms with van der Waals surface area (Å²) in [4.78, 5) is 8.43. The van der Waals surface area contributed by atoms with Crippen molar-refractivity contribution in [2.24, 2.45) is 0 Å². The Balaban J connectivity index is 0.000000228. The lowest BCUT2D eigenvalue weighted by molar-refractivity contribution is -0.138. The van der Waals surface area contributed by atoms with Gasteiger partial charge in [0.1, 0.15) is 4.60 Å². The summed E-state index contributed by atoms with van der Waals surface area (Å²) in [6.45, 7) is -0.145. The highest BCUT2D eigenvalue weighted by atomic mass is 79.9. The molecule has 8 nitrogen and oxygen atoms in total. The van der Waals surface area contributed by atoms with Gasteiger partial charge in [0.05, 0.1) is 30.0 Å². The normalized spacial score (nSPS) is 10.9. The molecule has 0 unspecified atom stereocenters. The summed E-state index contributed by atoms with van der Waals surface area (Å²) in [6, 6.07) is 23.8. The van der Waals surface area contributed by atoms with E-state index >= 15 is 0 Å². The predicted octanol–water partition coefficient (Wildman–Crippen LogP) is 9.23. The van der Waals surface area contributed by atoms with Gasteiger partial charge < -0.3 is 30.9 Å². The predicted molar refractivity (Wildman–Crippen MR) is 202 cm³/mol. The second-order valence-corrected chi connectivity index (χ2v) is 13.1. The fourth-order valence-electron chi connectivity index (χ4n) is 4.25. The van der Waals surface area contributed by atoms with Gasteiger partial charge in [-0.05, 0) is 75.0 Å². The van der Waals surface area contributed by atoms with Gasteiger partial charge >= 0.3 is 19.5 Å². The molecule has 0 aliphatic heterocycles. The summed E-state index contributed by atoms with van der Waals surface area (Å²) in [5, 5.41) is 45.6. The van der Waals surface area contributed by atoms with Gasteiger partial charge in [0.15, 0.2) is 10.3 Å². The molecule has 6 N–H and O–H groups in total. The lowest BCUT2D eigenvalue weighted by Gasteiger charge is -2.09. The first-order valence-corrected chi connectivity index (χ1v) is 17.4. The molecule has 0 atom stereocenters. The minimum absolute atomic E-state index is 0. The summed E-state index contributed by atoms with van der Waals surface area (Å²) in [5.74, 6) is 0. The molecule has 0 saturated heterocycles. The van der Waals surface area contributed by atoms with Crippen molar-refractivity contribution in [1.82, 2.24) is 9.97 Å². The van der Waals surface area contributed by atoms with Gasteiger partial charge in [-0.2, -0.15) is 26.3 Å². The first-order valence-electron chi connectivity index (χ1n) is 14.9. The molecule has 2 heterocycles. The zero-order valence-corrected chi connectivity index (χ0v) is 29.7. The molecular formula is C35H32BBrF6N4O4S2. The standard InChI is InChI=1S/C17H13F3N2OS.C10H6BrF3N2S.C7H9BO3.CH4/c18-17(19,20)13-5-2-6-14(8-13)21-16-22-15(10-24-16)12-4-1-3-11(7-12)9-23;11-8-5-17-9(16-8)15-7-3-1-2-6(4-7)10(12,13)14;9-5-6-2-1-3-7(4-6)8(10)11;/h1-8,10,23H,9H2,(H,21,22);1-5H,(H,15,16);1-4,9-11H,5H2;1H4. The molecule has 0 radical (unpaired) electrons. The zero-order valence-electron chi connectivity index (χ0n) is 26.5. The van der Waals surface area contributed by atoms with E-state index in [0.717, 1.165) is 35.4 Å². The maximum atomic E-state index is 12.7. The topological polar surface area (TPSA) is 131 Å². The maximum absolute atomic E-state index is 12.7. The first-order chi connectivity index (χ1) is 24.6. The van der Waals surface area contributed by atoms with Crippen LogP contribution in [-0.4, -0.2) is 37.3 Å². The van der Waals surface area contributed by atoms with E-state index in [1.807, 2.05) is 23.6 Å². The van der Waals surface area contributed by atoms with Crippen molar-refractivity contribution in [3.8, 4) is 11.3 Å². The Kier molecular flexibility index (Phi) is 16.0. The van der Waals surface area contributed by atoms with Gasteiger partial charge in [-0.1, -0.05) is 62.0 Å². The van der Waals surface area contributed by atoms with Crippen molar-refractivity contribution in [3.63, 3.8) is 0 Å². The van der Waals surface area contributed by atoms with E-state index in [-0.39, 0.29) is 20.6 Å². The summed E-state index contributed by atoms with van der Waals surface area (Å²) < 4.78 is 76.3. The number of hydrogen-bond donors (Lipinski definition) is 6. The third-order valence-corrected chi connectivity index (χ3v) is 8.92. The second-order valence-electron chi connectivity index (χ2n) is 10.6. The van der Waals surface area contributed by atoms with E-state index in [0.29, 0.717) is 43.0 Å². The number of alkyl halides is 6. The molecule has 0 fully saturated rings. The molecule has 6 rings (SSSR count). The van der Waals surface area contributed by atoms with Crippen LogP contribution in [-0.2, 0) is 25.6 Å². The van der Waals surface area contributed by atoms with Gasteiger partial charge in [-0.15, -0.1) is 22.7 Å². The van der Waals surface area contributed by atoms with E-state index in [9.17, 15) is 31.4 Å². The monoisotopic (exact) mass is 840 g/mol. The van der Waals surface area contributed by atoms with Crippen LogP contribution < -0.4 is 16.1 Å². The van der Waals surface area contributed by atoms with Crippen LogP contribution in [0.15, 0.2) is 112 Å². The number of rotatable bonds is 8. The SMILES string of the molecule is C.FC(F)(F)c1cccc(Nc2nc(Br)cs2)c1.OCc1cccc(-c2csc(Nc3cccc(C(F)(F)F)c3)n2)c1.OCc1cccc(B(O)O)c1. The third kappa shape index (κ3) is 13.6. The quantitative estimate of drug-likeness (QED) is 0.0661. The highest BCUT2D eigenvalue weighted by Gasteiger charge is 2.31. The molecular weight excluding hydrogens is 809 g/mol. The van der Waals surface area contributed by atoms with Gasteiger partial charge in [0.25, 0.3) is 0 Å². The largest absolute Gasteiger partial charge is 0.488 e. The molecule has 18 heteroatoms. The van der Waals surface area contributed by atoms with Crippen LogP contribution >= 0.6 is 38.6 Å². The minimum atomic E-state index is -4.38. The molecule has 2 aromatic heterocycles. The lowest BCUT2D eigenvalue weighted by Crippen LogP contribution is -2.29.